The molecule has 1 heterocycles. The molecule has 0 unspecified atom stereocenters. The Hall–Kier alpha value is -1.56. The monoisotopic (exact) mass is 230 g/mol. The van der Waals surface area contributed by atoms with Crippen LogP contribution in [0.25, 0.3) is 0 Å². The van der Waals surface area contributed by atoms with E-state index in [9.17, 15) is 0 Å². The second-order valence-corrected chi connectivity index (χ2v) is 4.80. The van der Waals surface area contributed by atoms with Gasteiger partial charge in [-0.15, -0.1) is 0 Å². The lowest BCUT2D eigenvalue weighted by atomic mass is 10.1. The number of nitriles is 1. The summed E-state index contributed by atoms with van der Waals surface area (Å²) in [6, 6.07) is 4.04. The van der Waals surface area contributed by atoms with Crippen LogP contribution < -0.4 is 4.74 Å². The van der Waals surface area contributed by atoms with Crippen LogP contribution in [-0.4, -0.2) is 11.6 Å². The van der Waals surface area contributed by atoms with Gasteiger partial charge in [0.15, 0.2) is 0 Å². The van der Waals surface area contributed by atoms with E-state index in [4.69, 9.17) is 10.00 Å². The molecule has 1 aromatic heterocycles. The SMILES string of the molecule is Cc1cc(OCC2CCCC2)c(C#N)c(C)n1. The summed E-state index contributed by atoms with van der Waals surface area (Å²) < 4.78 is 5.81. The molecule has 0 aromatic carbocycles. The van der Waals surface area contributed by atoms with Crippen LogP contribution in [0.5, 0.6) is 5.75 Å². The minimum atomic E-state index is 0.577. The van der Waals surface area contributed by atoms with E-state index in [-0.39, 0.29) is 0 Å². The van der Waals surface area contributed by atoms with E-state index < -0.39 is 0 Å². The van der Waals surface area contributed by atoms with E-state index >= 15 is 0 Å². The van der Waals surface area contributed by atoms with Crippen molar-refractivity contribution >= 4 is 0 Å². The number of nitrogens with zero attached hydrogens (tertiary/aromatic N) is 2. The highest BCUT2D eigenvalue weighted by Crippen LogP contribution is 2.27. The van der Waals surface area contributed by atoms with Crippen LogP contribution in [0.2, 0.25) is 0 Å². The van der Waals surface area contributed by atoms with Crippen LogP contribution in [0.15, 0.2) is 6.07 Å². The first-order chi connectivity index (χ1) is 8.20. The van der Waals surface area contributed by atoms with Gasteiger partial charge in [-0.05, 0) is 32.6 Å². The van der Waals surface area contributed by atoms with Gasteiger partial charge in [-0.3, -0.25) is 4.98 Å². The van der Waals surface area contributed by atoms with Crippen molar-refractivity contribution in [3.8, 4) is 11.8 Å². The number of rotatable bonds is 3. The number of hydrogen-bond donors (Lipinski definition) is 0. The number of aromatic nitrogens is 1. The van der Waals surface area contributed by atoms with Crippen molar-refractivity contribution in [1.82, 2.24) is 4.98 Å². The smallest absolute Gasteiger partial charge is 0.140 e. The Morgan fingerprint density at radius 1 is 1.41 bits per heavy atom. The molecule has 0 N–H and O–H groups in total. The molecule has 3 heteroatoms. The van der Waals surface area contributed by atoms with E-state index in [1.807, 2.05) is 19.9 Å². The van der Waals surface area contributed by atoms with Gasteiger partial charge < -0.3 is 4.74 Å². The van der Waals surface area contributed by atoms with Crippen LogP contribution in [-0.2, 0) is 0 Å². The molecular formula is C14H18N2O. The van der Waals surface area contributed by atoms with Gasteiger partial charge in [0.1, 0.15) is 17.4 Å². The number of aryl methyl sites for hydroxylation is 2. The lowest BCUT2D eigenvalue weighted by Gasteiger charge is -2.13. The Bertz CT molecular complexity index is 442. The standard InChI is InChI=1S/C14H18N2O/c1-10-7-14(13(8-15)11(2)16-10)17-9-12-5-3-4-6-12/h7,12H,3-6,9H2,1-2H3. The molecule has 0 aliphatic heterocycles. The van der Waals surface area contributed by atoms with Crippen molar-refractivity contribution in [3.05, 3.63) is 23.0 Å². The Morgan fingerprint density at radius 3 is 2.76 bits per heavy atom. The highest BCUT2D eigenvalue weighted by atomic mass is 16.5. The molecule has 90 valence electrons. The van der Waals surface area contributed by atoms with Crippen LogP contribution in [0.1, 0.15) is 42.6 Å². The first-order valence-corrected chi connectivity index (χ1v) is 6.22. The molecule has 0 amide bonds. The number of hydrogen-bond acceptors (Lipinski definition) is 3. The predicted molar refractivity (Wildman–Crippen MR) is 65.9 cm³/mol. The summed E-state index contributed by atoms with van der Waals surface area (Å²) >= 11 is 0. The largest absolute Gasteiger partial charge is 0.492 e. The maximum atomic E-state index is 9.11. The summed E-state index contributed by atoms with van der Waals surface area (Å²) in [4.78, 5) is 4.28. The van der Waals surface area contributed by atoms with Crippen molar-refractivity contribution in [2.75, 3.05) is 6.61 Å². The summed E-state index contributed by atoms with van der Waals surface area (Å²) in [7, 11) is 0. The fourth-order valence-corrected chi connectivity index (χ4v) is 2.43. The first kappa shape index (κ1) is 11.9. The van der Waals surface area contributed by atoms with E-state index in [0.717, 1.165) is 18.0 Å². The van der Waals surface area contributed by atoms with Crippen molar-refractivity contribution < 1.29 is 4.74 Å². The Balaban J connectivity index is 2.11. The third-order valence-corrected chi connectivity index (χ3v) is 3.35. The zero-order chi connectivity index (χ0) is 12.3. The van der Waals surface area contributed by atoms with Gasteiger partial charge in [-0.25, -0.2) is 0 Å². The highest BCUT2D eigenvalue weighted by Gasteiger charge is 2.17. The minimum absolute atomic E-state index is 0.577. The molecular weight excluding hydrogens is 212 g/mol. The minimum Gasteiger partial charge on any atom is -0.492 e. The molecule has 1 saturated carbocycles. The van der Waals surface area contributed by atoms with E-state index in [1.165, 1.54) is 25.7 Å². The third kappa shape index (κ3) is 2.76. The van der Waals surface area contributed by atoms with Crippen molar-refractivity contribution in [2.24, 2.45) is 5.92 Å². The molecule has 2 rings (SSSR count). The van der Waals surface area contributed by atoms with Crippen LogP contribution >= 0.6 is 0 Å². The fraction of sp³-hybridized carbons (Fsp3) is 0.571. The average molecular weight is 230 g/mol. The van der Waals surface area contributed by atoms with Gasteiger partial charge in [-0.2, -0.15) is 5.26 Å². The molecule has 17 heavy (non-hydrogen) atoms. The summed E-state index contributed by atoms with van der Waals surface area (Å²) in [5.41, 5.74) is 2.24. The third-order valence-electron chi connectivity index (χ3n) is 3.35. The quantitative estimate of drug-likeness (QED) is 0.801. The van der Waals surface area contributed by atoms with Gasteiger partial charge in [0, 0.05) is 11.8 Å². The number of pyridine rings is 1. The second-order valence-electron chi connectivity index (χ2n) is 4.80. The van der Waals surface area contributed by atoms with Gasteiger partial charge in [-0.1, -0.05) is 12.8 Å². The molecule has 0 bridgehead atoms. The Morgan fingerprint density at radius 2 is 2.12 bits per heavy atom. The van der Waals surface area contributed by atoms with Crippen LogP contribution in [0.3, 0.4) is 0 Å². The molecule has 0 spiro atoms. The normalized spacial score (nSPS) is 15.8. The van der Waals surface area contributed by atoms with Crippen molar-refractivity contribution in [2.45, 2.75) is 39.5 Å². The molecule has 3 nitrogen and oxygen atoms in total. The van der Waals surface area contributed by atoms with E-state index in [1.54, 1.807) is 0 Å². The van der Waals surface area contributed by atoms with E-state index in [2.05, 4.69) is 11.1 Å². The summed E-state index contributed by atoms with van der Waals surface area (Å²) in [6.45, 7) is 4.52. The maximum absolute atomic E-state index is 9.11. The predicted octanol–water partition coefficient (Wildman–Crippen LogP) is 3.14. The molecule has 0 atom stereocenters. The zero-order valence-corrected chi connectivity index (χ0v) is 10.5. The summed E-state index contributed by atoms with van der Waals surface area (Å²) in [5, 5.41) is 9.11. The number of ether oxygens (including phenoxy) is 1. The second kappa shape index (κ2) is 5.18. The van der Waals surface area contributed by atoms with Gasteiger partial charge in [0.25, 0.3) is 0 Å². The summed E-state index contributed by atoms with van der Waals surface area (Å²) in [6.07, 6.45) is 5.14. The van der Waals surface area contributed by atoms with Crippen LogP contribution in [0, 0.1) is 31.1 Å². The lowest BCUT2D eigenvalue weighted by Crippen LogP contribution is -2.09. The van der Waals surface area contributed by atoms with Gasteiger partial charge in [0.2, 0.25) is 0 Å². The highest BCUT2D eigenvalue weighted by molar-refractivity contribution is 5.46. The van der Waals surface area contributed by atoms with Crippen molar-refractivity contribution in [1.29, 1.82) is 5.26 Å². The molecule has 0 saturated heterocycles. The average Bonchev–Trinajstić information content (AvgIpc) is 2.78. The van der Waals surface area contributed by atoms with Crippen molar-refractivity contribution in [3.63, 3.8) is 0 Å². The lowest BCUT2D eigenvalue weighted by molar-refractivity contribution is 0.251. The maximum Gasteiger partial charge on any atom is 0.140 e. The summed E-state index contributed by atoms with van der Waals surface area (Å²) in [5.74, 6) is 1.36. The molecule has 1 aromatic rings. The van der Waals surface area contributed by atoms with Gasteiger partial charge in [0.05, 0.1) is 12.3 Å². The topological polar surface area (TPSA) is 45.9 Å². The van der Waals surface area contributed by atoms with E-state index in [0.29, 0.717) is 17.2 Å². The Labute approximate surface area is 102 Å². The van der Waals surface area contributed by atoms with Crippen LogP contribution in [0.4, 0.5) is 0 Å². The molecule has 1 aliphatic carbocycles. The molecule has 1 fully saturated rings. The molecule has 1 aliphatic rings. The fourth-order valence-electron chi connectivity index (χ4n) is 2.43. The Kier molecular flexibility index (Phi) is 3.63. The molecule has 0 radical (unpaired) electrons. The van der Waals surface area contributed by atoms with Gasteiger partial charge >= 0.3 is 0 Å². The first-order valence-electron chi connectivity index (χ1n) is 6.22. The zero-order valence-electron chi connectivity index (χ0n) is 10.5.